The lowest BCUT2D eigenvalue weighted by Crippen LogP contribution is -2.49. The van der Waals surface area contributed by atoms with Crippen LogP contribution in [0, 0.1) is 17.3 Å². The fourth-order valence-electron chi connectivity index (χ4n) is 5.91. The molecule has 1 amide bonds. The summed E-state index contributed by atoms with van der Waals surface area (Å²) in [6.45, 7) is 6.19. The van der Waals surface area contributed by atoms with Gasteiger partial charge in [0.05, 0.1) is 16.9 Å². The Balaban J connectivity index is 1.48. The maximum Gasteiger partial charge on any atom is 0.417 e. The highest BCUT2D eigenvalue weighted by Gasteiger charge is 2.51. The van der Waals surface area contributed by atoms with Crippen LogP contribution in [0.2, 0.25) is 0 Å². The number of amides is 1. The number of aliphatic carboxylic acids is 1. The highest BCUT2D eigenvalue weighted by molar-refractivity contribution is 5.83. The van der Waals surface area contributed by atoms with Crippen molar-refractivity contribution in [2.45, 2.75) is 71.1 Å². The van der Waals surface area contributed by atoms with Crippen LogP contribution in [0.5, 0.6) is 0 Å². The molecule has 0 spiro atoms. The Morgan fingerprint density at radius 3 is 2.48 bits per heavy atom. The molecule has 0 bridgehead atoms. The number of rotatable bonds is 4. The number of hydrogen-bond acceptors (Lipinski definition) is 4. The molecule has 2 atom stereocenters. The predicted molar refractivity (Wildman–Crippen MR) is 115 cm³/mol. The molecular weight excluding hydrogens is 435 g/mol. The molecule has 1 saturated carbocycles. The second-order valence-electron chi connectivity index (χ2n) is 10.2. The van der Waals surface area contributed by atoms with E-state index in [9.17, 15) is 27.9 Å². The minimum atomic E-state index is -4.46. The molecule has 0 aromatic carbocycles. The number of piperidine rings is 1. The molecular formula is C24H32F3N3O3. The Bertz CT molecular complexity index is 912. The summed E-state index contributed by atoms with van der Waals surface area (Å²) in [4.78, 5) is 33.2. The molecule has 1 aromatic rings. The van der Waals surface area contributed by atoms with E-state index >= 15 is 0 Å². The van der Waals surface area contributed by atoms with E-state index in [0.29, 0.717) is 43.5 Å². The number of halogens is 3. The van der Waals surface area contributed by atoms with Gasteiger partial charge in [-0.1, -0.05) is 13.8 Å². The summed E-state index contributed by atoms with van der Waals surface area (Å²) in [7, 11) is 0. The molecule has 2 fully saturated rings. The summed E-state index contributed by atoms with van der Waals surface area (Å²) in [5, 5.41) is 9.26. The molecule has 3 heterocycles. The number of fused-ring (bicyclic) bond motifs is 1. The molecule has 3 aliphatic rings. The number of likely N-dealkylation sites (tertiary alicyclic amines) is 1. The molecule has 1 saturated heterocycles. The molecule has 1 aromatic heterocycles. The Kier molecular flexibility index (Phi) is 6.46. The third-order valence-electron chi connectivity index (χ3n) is 8.10. The molecule has 0 unspecified atom stereocenters. The number of hydrogen-bond donors (Lipinski definition) is 1. The van der Waals surface area contributed by atoms with E-state index in [1.54, 1.807) is 4.90 Å². The molecule has 1 N–H and O–H groups in total. The first-order chi connectivity index (χ1) is 15.5. The highest BCUT2D eigenvalue weighted by atomic mass is 19.4. The summed E-state index contributed by atoms with van der Waals surface area (Å²) in [6, 6.07) is 1.37. The van der Waals surface area contributed by atoms with Gasteiger partial charge in [0.1, 0.15) is 0 Å². The van der Waals surface area contributed by atoms with E-state index in [1.165, 1.54) is 0 Å². The summed E-state index contributed by atoms with van der Waals surface area (Å²) in [5.41, 5.74) is -0.203. The van der Waals surface area contributed by atoms with Crippen LogP contribution >= 0.6 is 0 Å². The van der Waals surface area contributed by atoms with Crippen LogP contribution in [0.1, 0.15) is 62.8 Å². The number of carboxylic acids is 1. The van der Waals surface area contributed by atoms with Crippen LogP contribution in [0.15, 0.2) is 12.3 Å². The molecule has 6 nitrogen and oxygen atoms in total. The lowest BCUT2D eigenvalue weighted by atomic mass is 9.73. The average molecular weight is 468 g/mol. The summed E-state index contributed by atoms with van der Waals surface area (Å²) < 4.78 is 39.5. The molecule has 9 heteroatoms. The van der Waals surface area contributed by atoms with Crippen LogP contribution in [0.4, 0.5) is 13.2 Å². The van der Waals surface area contributed by atoms with Crippen molar-refractivity contribution < 1.29 is 27.9 Å². The van der Waals surface area contributed by atoms with Gasteiger partial charge in [-0.05, 0) is 62.7 Å². The van der Waals surface area contributed by atoms with E-state index in [1.807, 2.05) is 0 Å². The van der Waals surface area contributed by atoms with E-state index < -0.39 is 23.1 Å². The van der Waals surface area contributed by atoms with Gasteiger partial charge in [-0.25, -0.2) is 0 Å². The van der Waals surface area contributed by atoms with Crippen molar-refractivity contribution in [2.24, 2.45) is 17.3 Å². The van der Waals surface area contributed by atoms with Gasteiger partial charge in [0.25, 0.3) is 0 Å². The number of carboxylic acid groups (broad SMARTS) is 1. The van der Waals surface area contributed by atoms with Crippen LogP contribution in [0.25, 0.3) is 0 Å². The Hall–Kier alpha value is -2.16. The van der Waals surface area contributed by atoms with Crippen molar-refractivity contribution in [1.29, 1.82) is 0 Å². The highest BCUT2D eigenvalue weighted by Crippen LogP contribution is 2.48. The number of pyridine rings is 1. The lowest BCUT2D eigenvalue weighted by molar-refractivity contribution is -0.146. The quantitative estimate of drug-likeness (QED) is 0.725. The zero-order valence-corrected chi connectivity index (χ0v) is 19.2. The first kappa shape index (κ1) is 24.0. The van der Waals surface area contributed by atoms with Crippen molar-refractivity contribution in [3.05, 3.63) is 29.1 Å². The standard InChI is InChI=1S/C24H32F3N3O3/c1-15(2)23(7-3-19(12-23)29-8-4-16(5-9-29)21(31)32)22(33)30-10-6-20-17(14-30)11-18(13-28-20)24(25,26)27/h11,13,15-16,19H,3-10,12,14H2,1-2H3,(H,31,32)/t19-,23+/m1/s1. The average Bonchev–Trinajstić information content (AvgIpc) is 3.24. The third-order valence-corrected chi connectivity index (χ3v) is 8.10. The van der Waals surface area contributed by atoms with Crippen LogP contribution < -0.4 is 0 Å². The Morgan fingerprint density at radius 2 is 1.88 bits per heavy atom. The molecule has 0 radical (unpaired) electrons. The molecule has 33 heavy (non-hydrogen) atoms. The van der Waals surface area contributed by atoms with Gasteiger partial charge < -0.3 is 14.9 Å². The number of aromatic nitrogens is 1. The van der Waals surface area contributed by atoms with Gasteiger partial charge in [0, 0.05) is 37.4 Å². The van der Waals surface area contributed by atoms with E-state index in [-0.39, 0.29) is 30.3 Å². The van der Waals surface area contributed by atoms with Crippen molar-refractivity contribution in [3.63, 3.8) is 0 Å². The topological polar surface area (TPSA) is 73.7 Å². The van der Waals surface area contributed by atoms with Crippen LogP contribution in [0.3, 0.4) is 0 Å². The molecule has 4 rings (SSSR count). The molecule has 2 aliphatic heterocycles. The summed E-state index contributed by atoms with van der Waals surface area (Å²) in [6.07, 6.45) is 0.479. The Labute approximate surface area is 192 Å². The zero-order chi connectivity index (χ0) is 24.0. The first-order valence-electron chi connectivity index (χ1n) is 11.8. The smallest absolute Gasteiger partial charge is 0.417 e. The summed E-state index contributed by atoms with van der Waals surface area (Å²) >= 11 is 0. The van der Waals surface area contributed by atoms with Crippen molar-refractivity contribution in [3.8, 4) is 0 Å². The van der Waals surface area contributed by atoms with Gasteiger partial charge in [0.2, 0.25) is 5.91 Å². The number of carbonyl (C=O) groups excluding carboxylic acids is 1. The van der Waals surface area contributed by atoms with Gasteiger partial charge in [0.15, 0.2) is 0 Å². The second kappa shape index (κ2) is 8.89. The predicted octanol–water partition coefficient (Wildman–Crippen LogP) is 3.98. The maximum absolute atomic E-state index is 13.8. The zero-order valence-electron chi connectivity index (χ0n) is 19.2. The fraction of sp³-hybridized carbons (Fsp3) is 0.708. The SMILES string of the molecule is CC(C)[C@]1(C(=O)N2CCc3ncc(C(F)(F)F)cc3C2)CC[C@@H](N2CCC(C(=O)O)CC2)C1. The van der Waals surface area contributed by atoms with Gasteiger partial charge >= 0.3 is 12.1 Å². The van der Waals surface area contributed by atoms with E-state index in [0.717, 1.165) is 38.2 Å². The molecule has 182 valence electrons. The van der Waals surface area contributed by atoms with Gasteiger partial charge in [-0.2, -0.15) is 13.2 Å². The largest absolute Gasteiger partial charge is 0.481 e. The number of nitrogens with zero attached hydrogens (tertiary/aromatic N) is 3. The first-order valence-corrected chi connectivity index (χ1v) is 11.8. The minimum absolute atomic E-state index is 0.0310. The second-order valence-corrected chi connectivity index (χ2v) is 10.2. The van der Waals surface area contributed by atoms with Crippen molar-refractivity contribution in [1.82, 2.24) is 14.8 Å². The van der Waals surface area contributed by atoms with Gasteiger partial charge in [-0.3, -0.25) is 14.6 Å². The monoisotopic (exact) mass is 467 g/mol. The maximum atomic E-state index is 13.8. The normalized spacial score (nSPS) is 27.1. The van der Waals surface area contributed by atoms with Gasteiger partial charge in [-0.15, -0.1) is 0 Å². The van der Waals surface area contributed by atoms with Crippen molar-refractivity contribution in [2.75, 3.05) is 19.6 Å². The van der Waals surface area contributed by atoms with Crippen molar-refractivity contribution >= 4 is 11.9 Å². The fourth-order valence-corrected chi connectivity index (χ4v) is 5.91. The number of carbonyl (C=O) groups is 2. The van der Waals surface area contributed by atoms with Crippen LogP contribution in [-0.2, 0) is 28.7 Å². The lowest BCUT2D eigenvalue weighted by Gasteiger charge is -2.41. The number of alkyl halides is 3. The van der Waals surface area contributed by atoms with E-state index in [4.69, 9.17) is 0 Å². The Morgan fingerprint density at radius 1 is 1.18 bits per heavy atom. The molecule has 1 aliphatic carbocycles. The van der Waals surface area contributed by atoms with Crippen LogP contribution in [-0.4, -0.2) is 57.4 Å². The minimum Gasteiger partial charge on any atom is -0.481 e. The summed E-state index contributed by atoms with van der Waals surface area (Å²) in [5.74, 6) is -0.889. The van der Waals surface area contributed by atoms with E-state index in [2.05, 4.69) is 23.7 Å². The third kappa shape index (κ3) is 4.61.